The number of likely N-dealkylation sites (N-methyl/N-ethyl adjacent to an activating group) is 1. The standard InChI is InChI=1S/C16H26N4O/c1-17-14(13-15(21-2)19-10-9-18-13)16(7-3-4-8-16)20-11-5-6-12-20/h9-10,14,17H,3-8,11-12H2,1-2H3. The first-order valence-corrected chi connectivity index (χ1v) is 8.09. The molecule has 0 aromatic carbocycles. The predicted octanol–water partition coefficient (Wildman–Crippen LogP) is 2.15. The van der Waals surface area contributed by atoms with E-state index < -0.39 is 0 Å². The minimum atomic E-state index is 0.175. The van der Waals surface area contributed by atoms with Crippen LogP contribution in [0.1, 0.15) is 50.3 Å². The van der Waals surface area contributed by atoms with Crippen LogP contribution in [0.15, 0.2) is 12.4 Å². The molecule has 1 aliphatic carbocycles. The van der Waals surface area contributed by atoms with E-state index in [4.69, 9.17) is 4.74 Å². The molecule has 0 amide bonds. The van der Waals surface area contributed by atoms with Gasteiger partial charge in [0.1, 0.15) is 5.69 Å². The van der Waals surface area contributed by atoms with Crippen LogP contribution in [0, 0.1) is 0 Å². The molecule has 1 saturated carbocycles. The first-order valence-electron chi connectivity index (χ1n) is 8.09. The second-order valence-electron chi connectivity index (χ2n) is 6.18. The number of methoxy groups -OCH3 is 1. The highest BCUT2D eigenvalue weighted by Crippen LogP contribution is 2.46. The predicted molar refractivity (Wildman–Crippen MR) is 82.4 cm³/mol. The zero-order chi connectivity index (χ0) is 14.7. The van der Waals surface area contributed by atoms with Crippen molar-refractivity contribution in [1.82, 2.24) is 20.2 Å². The van der Waals surface area contributed by atoms with E-state index in [-0.39, 0.29) is 11.6 Å². The average molecular weight is 290 g/mol. The topological polar surface area (TPSA) is 50.3 Å². The molecule has 1 aliphatic heterocycles. The summed E-state index contributed by atoms with van der Waals surface area (Å²) in [4.78, 5) is 11.6. The van der Waals surface area contributed by atoms with Gasteiger partial charge >= 0.3 is 0 Å². The molecule has 0 spiro atoms. The lowest BCUT2D eigenvalue weighted by Gasteiger charge is -2.44. The maximum Gasteiger partial charge on any atom is 0.237 e. The number of rotatable bonds is 5. The molecule has 3 rings (SSSR count). The summed E-state index contributed by atoms with van der Waals surface area (Å²) in [6.45, 7) is 2.42. The summed E-state index contributed by atoms with van der Waals surface area (Å²) in [6.07, 6.45) is 11.2. The fraction of sp³-hybridized carbons (Fsp3) is 0.750. The molecule has 5 heteroatoms. The molecular formula is C16H26N4O. The van der Waals surface area contributed by atoms with Crippen molar-refractivity contribution in [3.63, 3.8) is 0 Å². The molecular weight excluding hydrogens is 264 g/mol. The third-order valence-electron chi connectivity index (χ3n) is 5.19. The van der Waals surface area contributed by atoms with Gasteiger partial charge in [0.15, 0.2) is 0 Å². The molecule has 21 heavy (non-hydrogen) atoms. The quantitative estimate of drug-likeness (QED) is 0.900. The largest absolute Gasteiger partial charge is 0.480 e. The number of nitrogens with zero attached hydrogens (tertiary/aromatic N) is 3. The minimum absolute atomic E-state index is 0.175. The van der Waals surface area contributed by atoms with Crippen molar-refractivity contribution in [1.29, 1.82) is 0 Å². The van der Waals surface area contributed by atoms with Crippen molar-refractivity contribution in [2.75, 3.05) is 27.2 Å². The van der Waals surface area contributed by atoms with Crippen molar-refractivity contribution in [3.8, 4) is 5.88 Å². The molecule has 1 aromatic heterocycles. The van der Waals surface area contributed by atoms with Gasteiger partial charge in [0.05, 0.1) is 13.2 Å². The van der Waals surface area contributed by atoms with E-state index >= 15 is 0 Å². The van der Waals surface area contributed by atoms with E-state index in [2.05, 4.69) is 20.2 Å². The molecule has 1 saturated heterocycles. The van der Waals surface area contributed by atoms with Gasteiger partial charge in [-0.25, -0.2) is 4.98 Å². The third kappa shape index (κ3) is 2.53. The van der Waals surface area contributed by atoms with Crippen LogP contribution in [0.4, 0.5) is 0 Å². The Morgan fingerprint density at radius 2 is 1.81 bits per heavy atom. The van der Waals surface area contributed by atoms with Gasteiger partial charge in [-0.3, -0.25) is 9.88 Å². The van der Waals surface area contributed by atoms with Gasteiger partial charge in [0.2, 0.25) is 5.88 Å². The Bertz CT molecular complexity index is 467. The Morgan fingerprint density at radius 1 is 1.14 bits per heavy atom. The maximum absolute atomic E-state index is 5.46. The highest BCUT2D eigenvalue weighted by molar-refractivity contribution is 5.26. The molecule has 1 unspecified atom stereocenters. The lowest BCUT2D eigenvalue weighted by Crippen LogP contribution is -2.53. The Hall–Kier alpha value is -1.20. The van der Waals surface area contributed by atoms with Crippen molar-refractivity contribution in [3.05, 3.63) is 18.1 Å². The first-order chi connectivity index (χ1) is 10.3. The van der Waals surface area contributed by atoms with E-state index in [0.29, 0.717) is 5.88 Å². The summed E-state index contributed by atoms with van der Waals surface area (Å²) in [5.74, 6) is 0.655. The van der Waals surface area contributed by atoms with Gasteiger partial charge in [0, 0.05) is 17.9 Å². The zero-order valence-electron chi connectivity index (χ0n) is 13.1. The van der Waals surface area contributed by atoms with Crippen LogP contribution in [-0.2, 0) is 0 Å². The van der Waals surface area contributed by atoms with E-state index in [1.807, 2.05) is 7.05 Å². The van der Waals surface area contributed by atoms with Gasteiger partial charge in [-0.05, 0) is 45.8 Å². The van der Waals surface area contributed by atoms with Crippen LogP contribution >= 0.6 is 0 Å². The number of hydrogen-bond acceptors (Lipinski definition) is 5. The first kappa shape index (κ1) is 14.7. The third-order valence-corrected chi connectivity index (χ3v) is 5.19. The Morgan fingerprint density at radius 3 is 2.43 bits per heavy atom. The molecule has 0 radical (unpaired) electrons. The summed E-state index contributed by atoms with van der Waals surface area (Å²) in [6, 6.07) is 0.182. The van der Waals surface area contributed by atoms with Gasteiger partial charge < -0.3 is 10.1 Å². The molecule has 1 N–H and O–H groups in total. The second kappa shape index (κ2) is 6.28. The highest BCUT2D eigenvalue weighted by atomic mass is 16.5. The number of ether oxygens (including phenoxy) is 1. The van der Waals surface area contributed by atoms with Gasteiger partial charge in [0.25, 0.3) is 0 Å². The minimum Gasteiger partial charge on any atom is -0.480 e. The molecule has 2 heterocycles. The maximum atomic E-state index is 5.46. The summed E-state index contributed by atoms with van der Waals surface area (Å²) in [5.41, 5.74) is 1.13. The zero-order valence-corrected chi connectivity index (χ0v) is 13.1. The van der Waals surface area contributed by atoms with Crippen molar-refractivity contribution in [2.45, 2.75) is 50.1 Å². The smallest absolute Gasteiger partial charge is 0.237 e. The molecule has 116 valence electrons. The van der Waals surface area contributed by atoms with Crippen LogP contribution in [0.5, 0.6) is 5.88 Å². The highest BCUT2D eigenvalue weighted by Gasteiger charge is 2.48. The summed E-state index contributed by atoms with van der Waals surface area (Å²) < 4.78 is 5.46. The summed E-state index contributed by atoms with van der Waals surface area (Å²) in [7, 11) is 3.71. The Labute approximate surface area is 127 Å². The van der Waals surface area contributed by atoms with E-state index in [9.17, 15) is 0 Å². The monoisotopic (exact) mass is 290 g/mol. The van der Waals surface area contributed by atoms with Crippen LogP contribution in [0.2, 0.25) is 0 Å². The average Bonchev–Trinajstić information content (AvgIpc) is 3.20. The molecule has 1 atom stereocenters. The molecule has 5 nitrogen and oxygen atoms in total. The SMILES string of the molecule is CNC(c1nccnc1OC)C1(N2CCCC2)CCCC1. The number of hydrogen-bond donors (Lipinski definition) is 1. The lowest BCUT2D eigenvalue weighted by molar-refractivity contribution is 0.0765. The number of likely N-dealkylation sites (tertiary alicyclic amines) is 1. The van der Waals surface area contributed by atoms with Crippen LogP contribution < -0.4 is 10.1 Å². The summed E-state index contributed by atoms with van der Waals surface area (Å²) in [5, 5.41) is 3.53. The normalized spacial score (nSPS) is 23.3. The van der Waals surface area contributed by atoms with E-state index in [1.165, 1.54) is 51.6 Å². The fourth-order valence-electron chi connectivity index (χ4n) is 4.29. The summed E-state index contributed by atoms with van der Waals surface area (Å²) >= 11 is 0. The lowest BCUT2D eigenvalue weighted by atomic mass is 9.84. The number of aromatic nitrogens is 2. The van der Waals surface area contributed by atoms with Gasteiger partial charge in [-0.1, -0.05) is 12.8 Å². The van der Waals surface area contributed by atoms with Crippen molar-refractivity contribution < 1.29 is 4.74 Å². The Balaban J connectivity index is 1.99. The molecule has 1 aromatic rings. The van der Waals surface area contributed by atoms with Crippen LogP contribution in [0.25, 0.3) is 0 Å². The van der Waals surface area contributed by atoms with Gasteiger partial charge in [-0.2, -0.15) is 0 Å². The number of nitrogens with one attached hydrogen (secondary N) is 1. The Kier molecular flexibility index (Phi) is 4.40. The van der Waals surface area contributed by atoms with E-state index in [1.54, 1.807) is 19.5 Å². The van der Waals surface area contributed by atoms with Crippen LogP contribution in [0.3, 0.4) is 0 Å². The molecule has 2 fully saturated rings. The van der Waals surface area contributed by atoms with Crippen molar-refractivity contribution in [2.24, 2.45) is 0 Å². The second-order valence-corrected chi connectivity index (χ2v) is 6.18. The van der Waals surface area contributed by atoms with Crippen LogP contribution in [-0.4, -0.2) is 47.7 Å². The molecule has 0 bridgehead atoms. The van der Waals surface area contributed by atoms with E-state index in [0.717, 1.165) is 5.69 Å². The fourth-order valence-corrected chi connectivity index (χ4v) is 4.29. The van der Waals surface area contributed by atoms with Gasteiger partial charge in [-0.15, -0.1) is 0 Å². The van der Waals surface area contributed by atoms with Crippen molar-refractivity contribution >= 4 is 0 Å². The molecule has 2 aliphatic rings.